The van der Waals surface area contributed by atoms with E-state index in [0.717, 1.165) is 30.6 Å². The molecule has 8 heteroatoms. The van der Waals surface area contributed by atoms with Gasteiger partial charge >= 0.3 is 11.8 Å². The molecule has 1 aliphatic carbocycles. The number of nitrogens with one attached hydrogen (secondary N) is 2. The Kier molecular flexibility index (Phi) is 7.09. The molecular formula is C21H27N3O4S. The van der Waals surface area contributed by atoms with Gasteiger partial charge in [0, 0.05) is 17.0 Å². The minimum atomic E-state index is -1.02. The topological polar surface area (TPSA) is 91.7 Å². The Balaban J connectivity index is 1.79. The minimum absolute atomic E-state index is 0.0233. The molecule has 1 saturated carbocycles. The van der Waals surface area contributed by atoms with E-state index in [1.807, 2.05) is 17.5 Å². The van der Waals surface area contributed by atoms with Crippen LogP contribution in [-0.4, -0.2) is 34.7 Å². The molecule has 3 amide bonds. The highest BCUT2D eigenvalue weighted by Gasteiger charge is 2.38. The lowest BCUT2D eigenvalue weighted by Crippen LogP contribution is -2.52. The molecule has 1 atom stereocenters. The van der Waals surface area contributed by atoms with E-state index in [9.17, 15) is 14.4 Å². The number of hydrogen-bond donors (Lipinski definition) is 2. The second kappa shape index (κ2) is 9.73. The van der Waals surface area contributed by atoms with Gasteiger partial charge in [-0.15, -0.1) is 11.3 Å². The van der Waals surface area contributed by atoms with Crippen molar-refractivity contribution in [1.29, 1.82) is 0 Å². The van der Waals surface area contributed by atoms with Crippen LogP contribution in [0, 0.1) is 0 Å². The first-order valence-electron chi connectivity index (χ1n) is 9.94. The zero-order chi connectivity index (χ0) is 20.8. The van der Waals surface area contributed by atoms with Crippen molar-refractivity contribution < 1.29 is 18.8 Å². The van der Waals surface area contributed by atoms with Gasteiger partial charge < -0.3 is 20.0 Å². The molecule has 3 rings (SSSR count). The van der Waals surface area contributed by atoms with Gasteiger partial charge in [0.2, 0.25) is 0 Å². The summed E-state index contributed by atoms with van der Waals surface area (Å²) in [5, 5.41) is 7.61. The summed E-state index contributed by atoms with van der Waals surface area (Å²) in [6.07, 6.45) is 5.31. The zero-order valence-electron chi connectivity index (χ0n) is 16.7. The third-order valence-corrected chi connectivity index (χ3v) is 5.91. The number of carbonyl (C=O) groups is 3. The molecule has 2 heterocycles. The Hall–Kier alpha value is -2.61. The predicted molar refractivity (Wildman–Crippen MR) is 110 cm³/mol. The van der Waals surface area contributed by atoms with Crippen LogP contribution in [0.4, 0.5) is 0 Å². The van der Waals surface area contributed by atoms with Crippen LogP contribution in [0.3, 0.4) is 0 Å². The van der Waals surface area contributed by atoms with Crippen LogP contribution in [0.25, 0.3) is 0 Å². The number of hydrogen-bond acceptors (Lipinski definition) is 5. The van der Waals surface area contributed by atoms with E-state index in [-0.39, 0.29) is 18.0 Å². The van der Waals surface area contributed by atoms with E-state index in [0.29, 0.717) is 12.3 Å². The van der Waals surface area contributed by atoms with Crippen molar-refractivity contribution in [2.75, 3.05) is 0 Å². The molecule has 7 nitrogen and oxygen atoms in total. The fraction of sp³-hybridized carbons (Fsp3) is 0.476. The minimum Gasteiger partial charge on any atom is -0.467 e. The Morgan fingerprint density at radius 3 is 2.55 bits per heavy atom. The number of nitrogens with zero attached hydrogens (tertiary/aromatic N) is 1. The largest absolute Gasteiger partial charge is 0.467 e. The van der Waals surface area contributed by atoms with Crippen molar-refractivity contribution >= 4 is 29.1 Å². The number of rotatable bonds is 7. The molecule has 1 aliphatic rings. The summed E-state index contributed by atoms with van der Waals surface area (Å²) in [6, 6.07) is 5.77. The molecule has 0 aromatic carbocycles. The highest BCUT2D eigenvalue weighted by molar-refractivity contribution is 7.09. The molecule has 0 saturated heterocycles. The second-order valence-electron chi connectivity index (χ2n) is 7.48. The fourth-order valence-electron chi connectivity index (χ4n) is 3.61. The van der Waals surface area contributed by atoms with Crippen molar-refractivity contribution in [3.63, 3.8) is 0 Å². The van der Waals surface area contributed by atoms with Gasteiger partial charge in [-0.25, -0.2) is 0 Å². The van der Waals surface area contributed by atoms with E-state index < -0.39 is 17.9 Å². The summed E-state index contributed by atoms with van der Waals surface area (Å²) < 4.78 is 5.46. The molecule has 0 radical (unpaired) electrons. The Morgan fingerprint density at radius 2 is 1.97 bits per heavy atom. The molecule has 1 fully saturated rings. The maximum atomic E-state index is 13.1. The first kappa shape index (κ1) is 21.1. The molecule has 0 bridgehead atoms. The standard InChI is InChI=1S/C21H27N3O4S/c1-14(2)24(21(27)20(26)23-15-7-3-4-8-15)18(17-10-5-11-28-17)19(25)22-13-16-9-6-12-29-16/h5-6,9-12,14-15,18H,3-4,7-8,13H2,1-2H3,(H,22,25)(H,23,26). The fourth-order valence-corrected chi connectivity index (χ4v) is 4.25. The third-order valence-electron chi connectivity index (χ3n) is 5.03. The summed E-state index contributed by atoms with van der Waals surface area (Å²) in [7, 11) is 0. The first-order chi connectivity index (χ1) is 14.0. The maximum Gasteiger partial charge on any atom is 0.313 e. The molecule has 0 aliphatic heterocycles. The van der Waals surface area contributed by atoms with Gasteiger partial charge in [0.15, 0.2) is 6.04 Å². The number of carbonyl (C=O) groups excluding carboxylic acids is 3. The van der Waals surface area contributed by atoms with E-state index in [2.05, 4.69) is 10.6 Å². The Labute approximate surface area is 174 Å². The molecule has 1 unspecified atom stereocenters. The Bertz CT molecular complexity index is 811. The van der Waals surface area contributed by atoms with Crippen molar-refractivity contribution in [1.82, 2.24) is 15.5 Å². The summed E-state index contributed by atoms with van der Waals surface area (Å²) >= 11 is 1.53. The SMILES string of the molecule is CC(C)N(C(=O)C(=O)NC1CCCC1)C(C(=O)NCc1cccs1)c1ccco1. The number of furan rings is 1. The molecular weight excluding hydrogens is 390 g/mol. The Morgan fingerprint density at radius 1 is 1.21 bits per heavy atom. The van der Waals surface area contributed by atoms with Gasteiger partial charge in [0.1, 0.15) is 5.76 Å². The third kappa shape index (κ3) is 5.26. The normalized spacial score (nSPS) is 15.3. The lowest BCUT2D eigenvalue weighted by Gasteiger charge is -2.32. The number of amides is 3. The summed E-state index contributed by atoms with van der Waals surface area (Å²) in [5.41, 5.74) is 0. The van der Waals surface area contributed by atoms with Gasteiger partial charge in [-0.05, 0) is 50.3 Å². The van der Waals surface area contributed by atoms with Crippen LogP contribution >= 0.6 is 11.3 Å². The molecule has 0 spiro atoms. The van der Waals surface area contributed by atoms with Gasteiger partial charge in [0.25, 0.3) is 5.91 Å². The molecule has 2 aromatic heterocycles. The average Bonchev–Trinajstić information content (AvgIpc) is 3.46. The smallest absolute Gasteiger partial charge is 0.313 e. The van der Waals surface area contributed by atoms with E-state index in [1.165, 1.54) is 22.5 Å². The van der Waals surface area contributed by atoms with Crippen molar-refractivity contribution in [3.05, 3.63) is 46.5 Å². The van der Waals surface area contributed by atoms with Crippen molar-refractivity contribution in [2.24, 2.45) is 0 Å². The lowest BCUT2D eigenvalue weighted by molar-refractivity contribution is -0.152. The van der Waals surface area contributed by atoms with Crippen LogP contribution in [0.15, 0.2) is 40.3 Å². The monoisotopic (exact) mass is 417 g/mol. The van der Waals surface area contributed by atoms with Crippen LogP contribution in [0.2, 0.25) is 0 Å². The van der Waals surface area contributed by atoms with Gasteiger partial charge in [-0.1, -0.05) is 18.9 Å². The predicted octanol–water partition coefficient (Wildman–Crippen LogP) is 2.99. The van der Waals surface area contributed by atoms with E-state index in [1.54, 1.807) is 26.0 Å². The van der Waals surface area contributed by atoms with Crippen molar-refractivity contribution in [2.45, 2.75) is 64.2 Å². The van der Waals surface area contributed by atoms with Gasteiger partial charge in [0.05, 0.1) is 12.8 Å². The highest BCUT2D eigenvalue weighted by Crippen LogP contribution is 2.25. The molecule has 2 aromatic rings. The highest BCUT2D eigenvalue weighted by atomic mass is 32.1. The van der Waals surface area contributed by atoms with Gasteiger partial charge in [-0.2, -0.15) is 0 Å². The van der Waals surface area contributed by atoms with Crippen LogP contribution < -0.4 is 10.6 Å². The lowest BCUT2D eigenvalue weighted by atomic mass is 10.1. The van der Waals surface area contributed by atoms with Gasteiger partial charge in [-0.3, -0.25) is 14.4 Å². The van der Waals surface area contributed by atoms with Crippen LogP contribution in [0.1, 0.15) is 56.2 Å². The molecule has 29 heavy (non-hydrogen) atoms. The second-order valence-corrected chi connectivity index (χ2v) is 8.51. The summed E-state index contributed by atoms with van der Waals surface area (Å²) in [6.45, 7) is 3.91. The molecule has 156 valence electrons. The first-order valence-corrected chi connectivity index (χ1v) is 10.8. The van der Waals surface area contributed by atoms with Crippen LogP contribution in [-0.2, 0) is 20.9 Å². The quantitative estimate of drug-likeness (QED) is 0.678. The summed E-state index contributed by atoms with van der Waals surface area (Å²) in [5.74, 6) is -1.46. The van der Waals surface area contributed by atoms with E-state index in [4.69, 9.17) is 4.42 Å². The van der Waals surface area contributed by atoms with Crippen LogP contribution in [0.5, 0.6) is 0 Å². The van der Waals surface area contributed by atoms with E-state index >= 15 is 0 Å². The molecule has 2 N–H and O–H groups in total. The average molecular weight is 418 g/mol. The summed E-state index contributed by atoms with van der Waals surface area (Å²) in [4.78, 5) is 41.0. The van der Waals surface area contributed by atoms with Crippen molar-refractivity contribution in [3.8, 4) is 0 Å². The zero-order valence-corrected chi connectivity index (χ0v) is 17.5. The maximum absolute atomic E-state index is 13.1. The number of thiophene rings is 1.